The average Bonchev–Trinajstić information content (AvgIpc) is 2.26. The first-order valence-electron chi connectivity index (χ1n) is 4.12. The van der Waals surface area contributed by atoms with Crippen molar-refractivity contribution < 1.29 is 28.3 Å². The molecule has 1 aromatic heterocycles. The van der Waals surface area contributed by atoms with E-state index in [9.17, 15) is 28.8 Å². The van der Waals surface area contributed by atoms with Crippen molar-refractivity contribution in [2.45, 2.75) is 6.43 Å². The van der Waals surface area contributed by atoms with Crippen molar-refractivity contribution in [2.75, 3.05) is 7.11 Å². The van der Waals surface area contributed by atoms with Gasteiger partial charge in [0.05, 0.1) is 12.0 Å². The van der Waals surface area contributed by atoms with Gasteiger partial charge in [0.2, 0.25) is 0 Å². The lowest BCUT2D eigenvalue weighted by Gasteiger charge is -2.07. The molecule has 0 bridgehead atoms. The van der Waals surface area contributed by atoms with E-state index in [0.29, 0.717) is 6.20 Å². The van der Waals surface area contributed by atoms with E-state index in [1.807, 2.05) is 0 Å². The zero-order valence-corrected chi connectivity index (χ0v) is 8.39. The highest BCUT2D eigenvalue weighted by Crippen LogP contribution is 2.37. The van der Waals surface area contributed by atoms with Crippen LogP contribution in [0.5, 0.6) is 5.75 Å². The number of pyridine rings is 1. The van der Waals surface area contributed by atoms with Gasteiger partial charge in [0.15, 0.2) is 11.4 Å². The van der Waals surface area contributed by atoms with E-state index in [2.05, 4.69) is 9.72 Å². The monoisotopic (exact) mass is 248 g/mol. The number of aromatic nitrogens is 1. The molecule has 0 aliphatic rings. The Labute approximate surface area is 92.8 Å². The molecule has 0 fully saturated rings. The normalized spacial score (nSPS) is 10.4. The third kappa shape index (κ3) is 2.27. The molecule has 92 valence electrons. The van der Waals surface area contributed by atoms with Crippen LogP contribution >= 0.6 is 0 Å². The minimum atomic E-state index is -3.32. The van der Waals surface area contributed by atoms with Crippen LogP contribution in [0.4, 0.5) is 14.5 Å². The molecule has 0 aromatic carbocycles. The molecule has 1 N–H and O–H groups in total. The molecule has 1 rings (SSSR count). The van der Waals surface area contributed by atoms with Gasteiger partial charge in [0, 0.05) is 0 Å². The Balaban J connectivity index is 3.49. The largest absolute Gasteiger partial charge is 0.505 e. The third-order valence-electron chi connectivity index (χ3n) is 1.86. The number of nitro groups is 1. The van der Waals surface area contributed by atoms with Crippen LogP contribution in [-0.2, 0) is 4.74 Å². The van der Waals surface area contributed by atoms with Crippen LogP contribution in [0.3, 0.4) is 0 Å². The fourth-order valence-electron chi connectivity index (χ4n) is 1.11. The van der Waals surface area contributed by atoms with Crippen molar-refractivity contribution in [3.63, 3.8) is 0 Å². The number of nitrogens with zero attached hydrogens (tertiary/aromatic N) is 2. The predicted molar refractivity (Wildman–Crippen MR) is 48.9 cm³/mol. The molecule has 0 aliphatic carbocycles. The summed E-state index contributed by atoms with van der Waals surface area (Å²) in [5.41, 5.74) is -3.12. The lowest BCUT2D eigenvalue weighted by atomic mass is 10.1. The summed E-state index contributed by atoms with van der Waals surface area (Å²) in [6.07, 6.45) is -2.85. The van der Waals surface area contributed by atoms with E-state index in [1.54, 1.807) is 0 Å². The maximum atomic E-state index is 12.6. The second kappa shape index (κ2) is 4.68. The first-order valence-corrected chi connectivity index (χ1v) is 4.12. The Hall–Kier alpha value is -2.32. The van der Waals surface area contributed by atoms with Gasteiger partial charge in [0.25, 0.3) is 12.1 Å². The van der Waals surface area contributed by atoms with Gasteiger partial charge in [-0.05, 0) is 0 Å². The van der Waals surface area contributed by atoms with Gasteiger partial charge >= 0.3 is 5.97 Å². The number of carbonyl (C=O) groups is 1. The molecule has 0 atom stereocenters. The highest BCUT2D eigenvalue weighted by Gasteiger charge is 2.31. The number of carbonyl (C=O) groups excluding carboxylic acids is 1. The lowest BCUT2D eigenvalue weighted by Crippen LogP contribution is -2.08. The molecule has 0 unspecified atom stereocenters. The van der Waals surface area contributed by atoms with Gasteiger partial charge in [-0.3, -0.25) is 10.1 Å². The summed E-state index contributed by atoms with van der Waals surface area (Å²) in [6.45, 7) is 0. The van der Waals surface area contributed by atoms with E-state index >= 15 is 0 Å². The molecule has 0 radical (unpaired) electrons. The number of halogens is 2. The van der Waals surface area contributed by atoms with Crippen molar-refractivity contribution in [3.05, 3.63) is 27.6 Å². The van der Waals surface area contributed by atoms with Crippen LogP contribution in [0.1, 0.15) is 22.5 Å². The molecule has 0 saturated carbocycles. The number of hydrogen-bond acceptors (Lipinski definition) is 6. The van der Waals surface area contributed by atoms with Gasteiger partial charge in [-0.1, -0.05) is 0 Å². The van der Waals surface area contributed by atoms with Crippen LogP contribution in [0, 0.1) is 10.1 Å². The van der Waals surface area contributed by atoms with Crippen LogP contribution < -0.4 is 0 Å². The molecular formula is C8H6F2N2O5. The molecule has 0 amide bonds. The van der Waals surface area contributed by atoms with Crippen LogP contribution in [0.2, 0.25) is 0 Å². The third-order valence-corrected chi connectivity index (χ3v) is 1.86. The SMILES string of the molecule is COC(=O)c1ncc([N+](=O)[O-])c(C(F)F)c1O. The maximum Gasteiger partial charge on any atom is 0.360 e. The predicted octanol–water partition coefficient (Wildman–Crippen LogP) is 1.42. The summed E-state index contributed by atoms with van der Waals surface area (Å²) >= 11 is 0. The number of ether oxygens (including phenoxy) is 1. The second-order valence-electron chi connectivity index (χ2n) is 2.80. The Morgan fingerprint density at radius 2 is 2.24 bits per heavy atom. The smallest absolute Gasteiger partial charge is 0.360 e. The lowest BCUT2D eigenvalue weighted by molar-refractivity contribution is -0.386. The molecule has 7 nitrogen and oxygen atoms in total. The van der Waals surface area contributed by atoms with E-state index in [1.165, 1.54) is 0 Å². The molecule has 17 heavy (non-hydrogen) atoms. The molecule has 0 aliphatic heterocycles. The van der Waals surface area contributed by atoms with Crippen molar-refractivity contribution in [2.24, 2.45) is 0 Å². The van der Waals surface area contributed by atoms with Gasteiger partial charge in [-0.2, -0.15) is 0 Å². The first-order chi connectivity index (χ1) is 7.90. The molecule has 9 heteroatoms. The molecule has 0 spiro atoms. The van der Waals surface area contributed by atoms with Crippen LogP contribution in [-0.4, -0.2) is 28.1 Å². The van der Waals surface area contributed by atoms with E-state index < -0.39 is 40.0 Å². The van der Waals surface area contributed by atoms with Gasteiger partial charge in [-0.15, -0.1) is 0 Å². The van der Waals surface area contributed by atoms with Crippen LogP contribution in [0.25, 0.3) is 0 Å². The summed E-state index contributed by atoms with van der Waals surface area (Å²) in [7, 11) is 0.951. The quantitative estimate of drug-likeness (QED) is 0.493. The van der Waals surface area contributed by atoms with Crippen LogP contribution in [0.15, 0.2) is 6.20 Å². The average molecular weight is 248 g/mol. The number of methoxy groups -OCH3 is 1. The van der Waals surface area contributed by atoms with E-state index in [4.69, 9.17) is 0 Å². The topological polar surface area (TPSA) is 103 Å². The molecule has 1 heterocycles. The molecular weight excluding hydrogens is 242 g/mol. The Bertz CT molecular complexity index is 477. The zero-order chi connectivity index (χ0) is 13.2. The van der Waals surface area contributed by atoms with Crippen molar-refractivity contribution in [1.29, 1.82) is 0 Å². The number of hydrogen-bond donors (Lipinski definition) is 1. The fraction of sp³-hybridized carbons (Fsp3) is 0.250. The first kappa shape index (κ1) is 12.7. The standard InChI is InChI=1S/C8H6F2N2O5/c1-17-8(14)5-6(13)4(7(9)10)3(2-11-5)12(15)16/h2,7,13H,1H3. The summed E-state index contributed by atoms with van der Waals surface area (Å²) in [6, 6.07) is 0. The number of rotatable bonds is 3. The summed E-state index contributed by atoms with van der Waals surface area (Å²) in [5.74, 6) is -2.42. The molecule has 0 saturated heterocycles. The highest BCUT2D eigenvalue weighted by molar-refractivity contribution is 5.91. The van der Waals surface area contributed by atoms with Crippen molar-refractivity contribution >= 4 is 11.7 Å². The Kier molecular flexibility index (Phi) is 3.51. The summed E-state index contributed by atoms with van der Waals surface area (Å²) < 4.78 is 29.3. The molecule has 1 aromatic rings. The fourth-order valence-corrected chi connectivity index (χ4v) is 1.11. The summed E-state index contributed by atoms with van der Waals surface area (Å²) in [5, 5.41) is 19.8. The minimum absolute atomic E-state index is 0.466. The van der Waals surface area contributed by atoms with Gasteiger partial charge in [0.1, 0.15) is 11.8 Å². The highest BCUT2D eigenvalue weighted by atomic mass is 19.3. The maximum absolute atomic E-state index is 12.6. The second-order valence-corrected chi connectivity index (χ2v) is 2.80. The number of esters is 1. The Morgan fingerprint density at radius 1 is 1.65 bits per heavy atom. The van der Waals surface area contributed by atoms with Gasteiger partial charge < -0.3 is 9.84 Å². The van der Waals surface area contributed by atoms with E-state index in [0.717, 1.165) is 7.11 Å². The van der Waals surface area contributed by atoms with Crippen molar-refractivity contribution in [3.8, 4) is 5.75 Å². The minimum Gasteiger partial charge on any atom is -0.505 e. The Morgan fingerprint density at radius 3 is 2.65 bits per heavy atom. The van der Waals surface area contributed by atoms with Gasteiger partial charge in [-0.25, -0.2) is 18.6 Å². The number of aromatic hydroxyl groups is 1. The zero-order valence-electron chi connectivity index (χ0n) is 8.39. The summed E-state index contributed by atoms with van der Waals surface area (Å²) in [4.78, 5) is 23.5. The van der Waals surface area contributed by atoms with E-state index in [-0.39, 0.29) is 0 Å². The number of alkyl halides is 2. The van der Waals surface area contributed by atoms with Crippen molar-refractivity contribution in [1.82, 2.24) is 4.98 Å².